The summed E-state index contributed by atoms with van der Waals surface area (Å²) in [5, 5.41) is 3.38. The molecule has 1 aromatic heterocycles. The van der Waals surface area contributed by atoms with Crippen LogP contribution in [0, 0.1) is 13.8 Å². The van der Waals surface area contributed by atoms with Gasteiger partial charge in [0.15, 0.2) is 0 Å². The molecule has 0 radical (unpaired) electrons. The summed E-state index contributed by atoms with van der Waals surface area (Å²) in [6.45, 7) is 3.59. The lowest BCUT2D eigenvalue weighted by atomic mass is 10.1. The molecule has 3 aromatic carbocycles. The molecule has 0 aliphatic rings. The molecule has 1 N–H and O–H groups in total. The molecule has 4 rings (SSSR count). The van der Waals surface area contributed by atoms with Gasteiger partial charge >= 0.3 is 17.7 Å². The third-order valence-corrected chi connectivity index (χ3v) is 5.60. The second-order valence-corrected chi connectivity index (χ2v) is 8.18. The molecule has 7 nitrogen and oxygen atoms in total. The lowest BCUT2D eigenvalue weighted by Gasteiger charge is -2.18. The van der Waals surface area contributed by atoms with Gasteiger partial charge in [0.25, 0.3) is 0 Å². The Morgan fingerprint density at radius 1 is 0.914 bits per heavy atom. The van der Waals surface area contributed by atoms with Gasteiger partial charge in [0.1, 0.15) is 24.0 Å². The van der Waals surface area contributed by atoms with Crippen molar-refractivity contribution >= 4 is 23.0 Å². The van der Waals surface area contributed by atoms with Crippen LogP contribution in [0.2, 0.25) is 0 Å². The zero-order valence-electron chi connectivity index (χ0n) is 19.4. The molecule has 0 saturated carbocycles. The van der Waals surface area contributed by atoms with Crippen LogP contribution < -0.4 is 15.7 Å². The first-order valence-corrected chi connectivity index (χ1v) is 11.2. The number of carbonyl (C=O) groups is 2. The summed E-state index contributed by atoms with van der Waals surface area (Å²) >= 11 is 0. The number of fused-ring (bicyclic) bond motifs is 1. The third kappa shape index (κ3) is 5.95. The summed E-state index contributed by atoms with van der Waals surface area (Å²) in [5.41, 5.74) is 2.83. The van der Waals surface area contributed by atoms with Crippen molar-refractivity contribution in [3.8, 4) is 5.75 Å². The molecular formula is C28H25NO6. The quantitative estimate of drug-likeness (QED) is 0.235. The van der Waals surface area contributed by atoms with Crippen LogP contribution in [0.1, 0.15) is 22.3 Å². The molecule has 4 aromatic rings. The Morgan fingerprint density at radius 3 is 2.26 bits per heavy atom. The monoisotopic (exact) mass is 471 g/mol. The van der Waals surface area contributed by atoms with Crippen molar-refractivity contribution in [1.82, 2.24) is 5.32 Å². The summed E-state index contributed by atoms with van der Waals surface area (Å²) in [6, 6.07) is 22.3. The fourth-order valence-electron chi connectivity index (χ4n) is 3.74. The number of esters is 1. The van der Waals surface area contributed by atoms with Crippen molar-refractivity contribution in [3.05, 3.63) is 112 Å². The molecule has 0 bridgehead atoms. The Kier molecular flexibility index (Phi) is 7.26. The van der Waals surface area contributed by atoms with Crippen molar-refractivity contribution in [1.29, 1.82) is 0 Å². The summed E-state index contributed by atoms with van der Waals surface area (Å²) in [6.07, 6.45) is -0.524. The number of nitrogens with one attached hydrogen (secondary N) is 1. The van der Waals surface area contributed by atoms with Gasteiger partial charge in [-0.25, -0.2) is 14.4 Å². The molecule has 178 valence electrons. The number of rotatable bonds is 7. The number of carbonyl (C=O) groups excluding carboxylic acids is 2. The molecule has 1 unspecified atom stereocenters. The highest BCUT2D eigenvalue weighted by molar-refractivity contribution is 5.87. The second kappa shape index (κ2) is 10.7. The molecule has 0 spiro atoms. The average Bonchev–Trinajstić information content (AvgIpc) is 2.85. The van der Waals surface area contributed by atoms with Gasteiger partial charge in [0.05, 0.1) is 0 Å². The van der Waals surface area contributed by atoms with E-state index >= 15 is 0 Å². The van der Waals surface area contributed by atoms with Gasteiger partial charge in [0, 0.05) is 23.4 Å². The van der Waals surface area contributed by atoms with Crippen molar-refractivity contribution in [3.63, 3.8) is 0 Å². The Bertz CT molecular complexity index is 1400. The predicted molar refractivity (Wildman–Crippen MR) is 131 cm³/mol. The van der Waals surface area contributed by atoms with Crippen LogP contribution in [0.3, 0.4) is 0 Å². The minimum absolute atomic E-state index is 0.0714. The van der Waals surface area contributed by atoms with Gasteiger partial charge in [-0.3, -0.25) is 0 Å². The molecule has 0 aliphatic heterocycles. The van der Waals surface area contributed by atoms with Gasteiger partial charge in [0.2, 0.25) is 0 Å². The summed E-state index contributed by atoms with van der Waals surface area (Å²) in [5.74, 6) is -0.420. The molecule has 0 aliphatic carbocycles. The molecule has 1 amide bonds. The standard InChI is InChI=1S/C28H25NO6/c1-18-15-25(30)35-26-19(2)24(14-13-22(18)26)34-27(31)23(16-20-9-5-3-6-10-20)29-28(32)33-17-21-11-7-4-8-12-21/h3-15,23H,16-17H2,1-2H3,(H,29,32). The maximum absolute atomic E-state index is 13.2. The van der Waals surface area contributed by atoms with Crippen molar-refractivity contribution in [2.45, 2.75) is 32.9 Å². The van der Waals surface area contributed by atoms with Crippen molar-refractivity contribution in [2.24, 2.45) is 0 Å². The van der Waals surface area contributed by atoms with Crippen LogP contribution in [0.15, 0.2) is 88.1 Å². The van der Waals surface area contributed by atoms with E-state index in [1.54, 1.807) is 19.1 Å². The van der Waals surface area contributed by atoms with E-state index in [0.717, 1.165) is 22.1 Å². The summed E-state index contributed by atoms with van der Waals surface area (Å²) in [7, 11) is 0. The highest BCUT2D eigenvalue weighted by Gasteiger charge is 2.25. The van der Waals surface area contributed by atoms with Gasteiger partial charge in [-0.15, -0.1) is 0 Å². The van der Waals surface area contributed by atoms with Crippen LogP contribution in [0.25, 0.3) is 11.0 Å². The fraction of sp³-hybridized carbons (Fsp3) is 0.179. The fourth-order valence-corrected chi connectivity index (χ4v) is 3.74. The first-order chi connectivity index (χ1) is 16.9. The minimum Gasteiger partial charge on any atom is -0.445 e. The first-order valence-electron chi connectivity index (χ1n) is 11.2. The van der Waals surface area contributed by atoms with Gasteiger partial charge in [-0.1, -0.05) is 60.7 Å². The first kappa shape index (κ1) is 23.8. The van der Waals surface area contributed by atoms with Crippen LogP contribution >= 0.6 is 0 Å². The van der Waals surface area contributed by atoms with E-state index in [1.807, 2.05) is 67.6 Å². The zero-order valence-corrected chi connectivity index (χ0v) is 19.4. The topological polar surface area (TPSA) is 94.8 Å². The number of ether oxygens (including phenoxy) is 2. The summed E-state index contributed by atoms with van der Waals surface area (Å²) in [4.78, 5) is 37.5. The maximum Gasteiger partial charge on any atom is 0.408 e. The molecular weight excluding hydrogens is 446 g/mol. The van der Waals surface area contributed by atoms with Crippen LogP contribution in [-0.4, -0.2) is 18.1 Å². The molecule has 1 atom stereocenters. The number of aryl methyl sites for hydroxylation is 2. The lowest BCUT2D eigenvalue weighted by molar-refractivity contribution is -0.136. The zero-order chi connectivity index (χ0) is 24.8. The van der Waals surface area contributed by atoms with E-state index in [1.165, 1.54) is 6.07 Å². The number of hydrogen-bond acceptors (Lipinski definition) is 6. The highest BCUT2D eigenvalue weighted by Crippen LogP contribution is 2.28. The Balaban J connectivity index is 1.53. The normalized spacial score (nSPS) is 11.6. The van der Waals surface area contributed by atoms with E-state index in [9.17, 15) is 14.4 Å². The van der Waals surface area contributed by atoms with E-state index in [-0.39, 0.29) is 18.8 Å². The highest BCUT2D eigenvalue weighted by atomic mass is 16.6. The summed E-state index contributed by atoms with van der Waals surface area (Å²) < 4.78 is 16.3. The predicted octanol–water partition coefficient (Wildman–Crippen LogP) is 4.85. The number of benzene rings is 3. The minimum atomic E-state index is -1.000. The second-order valence-electron chi connectivity index (χ2n) is 8.18. The Labute approximate surface area is 202 Å². The maximum atomic E-state index is 13.2. The number of hydrogen-bond donors (Lipinski definition) is 1. The molecule has 7 heteroatoms. The third-order valence-electron chi connectivity index (χ3n) is 5.60. The van der Waals surface area contributed by atoms with Crippen molar-refractivity contribution < 1.29 is 23.5 Å². The van der Waals surface area contributed by atoms with Crippen LogP contribution in [-0.2, 0) is 22.6 Å². The number of alkyl carbamates (subject to hydrolysis) is 1. The lowest BCUT2D eigenvalue weighted by Crippen LogP contribution is -2.44. The van der Waals surface area contributed by atoms with Crippen molar-refractivity contribution in [2.75, 3.05) is 0 Å². The Hall–Kier alpha value is -4.39. The van der Waals surface area contributed by atoms with Gasteiger partial charge < -0.3 is 19.2 Å². The van der Waals surface area contributed by atoms with Crippen LogP contribution in [0.5, 0.6) is 5.75 Å². The van der Waals surface area contributed by atoms with E-state index in [4.69, 9.17) is 13.9 Å². The SMILES string of the molecule is Cc1cc(=O)oc2c(C)c(OC(=O)C(Cc3ccccc3)NC(=O)OCc3ccccc3)ccc12. The Morgan fingerprint density at radius 2 is 1.57 bits per heavy atom. The van der Waals surface area contributed by atoms with Gasteiger partial charge in [-0.2, -0.15) is 0 Å². The average molecular weight is 472 g/mol. The molecule has 35 heavy (non-hydrogen) atoms. The van der Waals surface area contributed by atoms with Crippen LogP contribution in [0.4, 0.5) is 4.79 Å². The van der Waals surface area contributed by atoms with Gasteiger partial charge in [-0.05, 0) is 42.7 Å². The molecule has 1 heterocycles. The largest absolute Gasteiger partial charge is 0.445 e. The molecule has 0 saturated heterocycles. The van der Waals surface area contributed by atoms with E-state index in [2.05, 4.69) is 5.32 Å². The number of amides is 1. The van der Waals surface area contributed by atoms with E-state index < -0.39 is 23.7 Å². The van der Waals surface area contributed by atoms with E-state index in [0.29, 0.717) is 11.1 Å². The molecule has 0 fully saturated rings. The smallest absolute Gasteiger partial charge is 0.408 e.